The molecule has 2 fully saturated rings. The fourth-order valence-corrected chi connectivity index (χ4v) is 7.05. The van der Waals surface area contributed by atoms with Gasteiger partial charge in [0.1, 0.15) is 0 Å². The lowest BCUT2D eigenvalue weighted by Crippen LogP contribution is -2.49. The molecule has 0 unspecified atom stereocenters. The van der Waals surface area contributed by atoms with E-state index in [2.05, 4.69) is 9.97 Å². The minimum absolute atomic E-state index is 0.0999. The highest BCUT2D eigenvalue weighted by molar-refractivity contribution is 7.89. The van der Waals surface area contributed by atoms with Crippen LogP contribution in [0.5, 0.6) is 0 Å². The Morgan fingerprint density at radius 1 is 0.806 bits per heavy atom. The number of rotatable bonds is 5. The third kappa shape index (κ3) is 4.59. The van der Waals surface area contributed by atoms with Crippen molar-refractivity contribution in [3.05, 3.63) is 42.7 Å². The molecule has 1 aromatic carbocycles. The maximum atomic E-state index is 13.1. The standard InChI is InChI=1S/C20H27N5O4S2/c1-17-4-2-11-25(16-17)31(28,29)19-7-5-18(6-8-19)30(26,27)24-14-12-23(13-15-24)20-21-9-3-10-22-20/h3,5-10,17H,2,4,11-16H2,1H3/t17-/m1/s1. The fraction of sp³-hybridized carbons (Fsp3) is 0.500. The lowest BCUT2D eigenvalue weighted by Gasteiger charge is -2.34. The summed E-state index contributed by atoms with van der Waals surface area (Å²) in [5.41, 5.74) is 0. The average molecular weight is 466 g/mol. The van der Waals surface area contributed by atoms with Gasteiger partial charge in [0.15, 0.2) is 0 Å². The van der Waals surface area contributed by atoms with Gasteiger partial charge in [0.05, 0.1) is 9.79 Å². The summed E-state index contributed by atoms with van der Waals surface area (Å²) in [7, 11) is -7.32. The Labute approximate surface area is 183 Å². The van der Waals surface area contributed by atoms with Gasteiger partial charge >= 0.3 is 0 Å². The first-order valence-corrected chi connectivity index (χ1v) is 13.3. The first-order valence-electron chi connectivity index (χ1n) is 10.4. The van der Waals surface area contributed by atoms with Gasteiger partial charge in [-0.15, -0.1) is 0 Å². The van der Waals surface area contributed by atoms with E-state index in [1.165, 1.54) is 32.9 Å². The van der Waals surface area contributed by atoms with Gasteiger partial charge in [-0.25, -0.2) is 26.8 Å². The lowest BCUT2D eigenvalue weighted by atomic mass is 10.0. The van der Waals surface area contributed by atoms with Gasteiger partial charge in [0.25, 0.3) is 0 Å². The van der Waals surface area contributed by atoms with Crippen LogP contribution in [0.25, 0.3) is 0 Å². The minimum Gasteiger partial charge on any atom is -0.338 e. The Kier molecular flexibility index (Phi) is 6.29. The van der Waals surface area contributed by atoms with Gasteiger partial charge in [0, 0.05) is 51.7 Å². The molecule has 2 aliphatic heterocycles. The van der Waals surface area contributed by atoms with Crippen LogP contribution in [0, 0.1) is 5.92 Å². The van der Waals surface area contributed by atoms with Crippen molar-refractivity contribution >= 4 is 26.0 Å². The smallest absolute Gasteiger partial charge is 0.243 e. The molecule has 0 N–H and O–H groups in total. The number of nitrogens with zero attached hydrogens (tertiary/aromatic N) is 5. The van der Waals surface area contributed by atoms with E-state index in [9.17, 15) is 16.8 Å². The molecule has 2 aliphatic rings. The Morgan fingerprint density at radius 2 is 1.35 bits per heavy atom. The number of hydrogen-bond acceptors (Lipinski definition) is 7. The van der Waals surface area contributed by atoms with Crippen LogP contribution in [0.4, 0.5) is 5.95 Å². The van der Waals surface area contributed by atoms with Gasteiger partial charge in [-0.2, -0.15) is 8.61 Å². The van der Waals surface area contributed by atoms with Crippen LogP contribution < -0.4 is 4.90 Å². The molecule has 2 saturated heterocycles. The van der Waals surface area contributed by atoms with E-state index in [0.717, 1.165) is 12.8 Å². The molecular weight excluding hydrogens is 438 g/mol. The summed E-state index contributed by atoms with van der Waals surface area (Å²) in [5.74, 6) is 0.907. The highest BCUT2D eigenvalue weighted by Gasteiger charge is 2.31. The molecule has 0 bridgehead atoms. The number of sulfonamides is 2. The van der Waals surface area contributed by atoms with E-state index in [0.29, 0.717) is 51.1 Å². The van der Waals surface area contributed by atoms with Crippen molar-refractivity contribution in [2.45, 2.75) is 29.6 Å². The predicted octanol–water partition coefficient (Wildman–Crippen LogP) is 1.41. The Morgan fingerprint density at radius 3 is 1.90 bits per heavy atom. The van der Waals surface area contributed by atoms with Crippen LogP contribution in [0.15, 0.2) is 52.5 Å². The van der Waals surface area contributed by atoms with Crippen LogP contribution in [0.3, 0.4) is 0 Å². The molecule has 0 radical (unpaired) electrons. The molecule has 9 nitrogen and oxygen atoms in total. The van der Waals surface area contributed by atoms with Gasteiger partial charge in [-0.05, 0) is 49.1 Å². The van der Waals surface area contributed by atoms with E-state index in [4.69, 9.17) is 0 Å². The number of piperazine rings is 1. The highest BCUT2D eigenvalue weighted by atomic mass is 32.2. The summed E-state index contributed by atoms with van der Waals surface area (Å²) in [5, 5.41) is 0. The SMILES string of the molecule is C[C@@H]1CCCN(S(=O)(=O)c2ccc(S(=O)(=O)N3CCN(c4ncccn4)CC3)cc2)C1. The zero-order valence-electron chi connectivity index (χ0n) is 17.5. The molecule has 31 heavy (non-hydrogen) atoms. The second kappa shape index (κ2) is 8.81. The number of aromatic nitrogens is 2. The fourth-order valence-electron chi connectivity index (χ4n) is 4.03. The van der Waals surface area contributed by atoms with Crippen LogP contribution in [0.1, 0.15) is 19.8 Å². The molecule has 11 heteroatoms. The molecule has 0 saturated carbocycles. The monoisotopic (exact) mass is 465 g/mol. The van der Waals surface area contributed by atoms with Crippen molar-refractivity contribution in [2.75, 3.05) is 44.2 Å². The first-order chi connectivity index (χ1) is 14.8. The van der Waals surface area contributed by atoms with Crippen molar-refractivity contribution in [1.29, 1.82) is 0 Å². The van der Waals surface area contributed by atoms with E-state index >= 15 is 0 Å². The van der Waals surface area contributed by atoms with Gasteiger partial charge in [-0.3, -0.25) is 0 Å². The van der Waals surface area contributed by atoms with Crippen molar-refractivity contribution in [2.24, 2.45) is 5.92 Å². The molecule has 0 aliphatic carbocycles. The minimum atomic E-state index is -3.71. The molecule has 1 atom stereocenters. The second-order valence-corrected chi connectivity index (χ2v) is 11.9. The number of piperidine rings is 1. The highest BCUT2D eigenvalue weighted by Crippen LogP contribution is 2.25. The topological polar surface area (TPSA) is 104 Å². The molecule has 168 valence electrons. The van der Waals surface area contributed by atoms with E-state index in [1.807, 2.05) is 11.8 Å². The summed E-state index contributed by atoms with van der Waals surface area (Å²) in [4.78, 5) is 10.6. The summed E-state index contributed by atoms with van der Waals surface area (Å²) in [6.45, 7) is 4.64. The first kappa shape index (κ1) is 22.1. The number of anilines is 1. The Bertz CT molecular complexity index is 1100. The summed E-state index contributed by atoms with van der Waals surface area (Å²) < 4.78 is 54.8. The second-order valence-electron chi connectivity index (χ2n) is 8.02. The zero-order valence-corrected chi connectivity index (χ0v) is 19.1. The van der Waals surface area contributed by atoms with Crippen LogP contribution in [-0.2, 0) is 20.0 Å². The zero-order chi connectivity index (χ0) is 22.1. The summed E-state index contributed by atoms with van der Waals surface area (Å²) in [6, 6.07) is 7.32. The number of hydrogen-bond donors (Lipinski definition) is 0. The molecule has 2 aromatic rings. The maximum absolute atomic E-state index is 13.1. The van der Waals surface area contributed by atoms with Crippen LogP contribution in [-0.4, -0.2) is 74.7 Å². The van der Waals surface area contributed by atoms with Crippen molar-refractivity contribution in [1.82, 2.24) is 18.6 Å². The van der Waals surface area contributed by atoms with Crippen molar-refractivity contribution in [3.8, 4) is 0 Å². The summed E-state index contributed by atoms with van der Waals surface area (Å²) in [6.07, 6.45) is 5.18. The lowest BCUT2D eigenvalue weighted by molar-refractivity contribution is 0.281. The molecule has 0 amide bonds. The molecule has 4 rings (SSSR count). The summed E-state index contributed by atoms with van der Waals surface area (Å²) >= 11 is 0. The van der Waals surface area contributed by atoms with E-state index in [-0.39, 0.29) is 9.79 Å². The average Bonchev–Trinajstić information content (AvgIpc) is 2.80. The normalized spacial score (nSPS) is 21.8. The third-order valence-electron chi connectivity index (χ3n) is 5.79. The van der Waals surface area contributed by atoms with Crippen LogP contribution in [0.2, 0.25) is 0 Å². The van der Waals surface area contributed by atoms with Crippen LogP contribution >= 0.6 is 0 Å². The molecule has 3 heterocycles. The largest absolute Gasteiger partial charge is 0.338 e. The third-order valence-corrected chi connectivity index (χ3v) is 9.58. The number of benzene rings is 1. The van der Waals surface area contributed by atoms with Gasteiger partial charge in [0.2, 0.25) is 26.0 Å². The maximum Gasteiger partial charge on any atom is 0.243 e. The quantitative estimate of drug-likeness (QED) is 0.658. The molecular formula is C20H27N5O4S2. The van der Waals surface area contributed by atoms with E-state index in [1.54, 1.807) is 18.5 Å². The van der Waals surface area contributed by atoms with Gasteiger partial charge < -0.3 is 4.90 Å². The van der Waals surface area contributed by atoms with E-state index < -0.39 is 20.0 Å². The van der Waals surface area contributed by atoms with Gasteiger partial charge in [-0.1, -0.05) is 6.92 Å². The molecule has 0 spiro atoms. The van der Waals surface area contributed by atoms with Crippen molar-refractivity contribution in [3.63, 3.8) is 0 Å². The predicted molar refractivity (Wildman–Crippen MR) is 117 cm³/mol. The molecule has 1 aromatic heterocycles. The Hall–Kier alpha value is -2.08. The Balaban J connectivity index is 1.46. The van der Waals surface area contributed by atoms with Crippen molar-refractivity contribution < 1.29 is 16.8 Å².